The molecule has 8 nitrogen and oxygen atoms in total. The number of nitrogens with zero attached hydrogens (tertiary/aromatic N) is 1. The molecule has 39 heavy (non-hydrogen) atoms. The van der Waals surface area contributed by atoms with Crippen LogP contribution in [0.4, 0.5) is 10.5 Å². The van der Waals surface area contributed by atoms with E-state index in [-0.39, 0.29) is 11.7 Å². The Labute approximate surface area is 238 Å². The van der Waals surface area contributed by atoms with Crippen LogP contribution in [-0.4, -0.2) is 53.9 Å². The lowest BCUT2D eigenvalue weighted by atomic mass is 10.00. The van der Waals surface area contributed by atoms with Crippen LogP contribution in [-0.2, 0) is 20.7 Å². The Morgan fingerprint density at radius 3 is 2.13 bits per heavy atom. The Morgan fingerprint density at radius 2 is 1.62 bits per heavy atom. The lowest BCUT2D eigenvalue weighted by molar-refractivity contribution is -0.140. The molecule has 0 bridgehead atoms. The monoisotopic (exact) mass is 557 g/mol. The van der Waals surface area contributed by atoms with Crippen LogP contribution in [0.3, 0.4) is 0 Å². The maximum atomic E-state index is 14.0. The molecule has 0 saturated carbocycles. The van der Waals surface area contributed by atoms with Crippen molar-refractivity contribution in [3.05, 3.63) is 59.7 Å². The van der Waals surface area contributed by atoms with Crippen LogP contribution >= 0.6 is 12.6 Å². The lowest BCUT2D eigenvalue weighted by Gasteiger charge is -2.34. The van der Waals surface area contributed by atoms with E-state index in [4.69, 9.17) is 9.47 Å². The molecule has 214 valence electrons. The van der Waals surface area contributed by atoms with Gasteiger partial charge in [-0.05, 0) is 69.0 Å². The van der Waals surface area contributed by atoms with E-state index in [0.717, 1.165) is 24.8 Å². The second-order valence-electron chi connectivity index (χ2n) is 10.3. The largest absolute Gasteiger partial charge is 0.497 e. The van der Waals surface area contributed by atoms with Crippen LogP contribution in [0.25, 0.3) is 0 Å². The van der Waals surface area contributed by atoms with Crippen molar-refractivity contribution in [3.63, 3.8) is 0 Å². The van der Waals surface area contributed by atoms with Crippen LogP contribution in [0.5, 0.6) is 5.75 Å². The zero-order valence-corrected chi connectivity index (χ0v) is 24.8. The standard InChI is InChI=1S/C30H43N3O5S/c1-7-9-10-19-33(28(35)25(20-39)32-29(36)38-30(3,4)5)26(22-13-11-21(8-2)12-14-22)27(34)31-23-15-17-24(37-6)18-16-23/h11-18,25-26,39H,7-10,19-20H2,1-6H3,(H,31,34)(H,32,36). The molecule has 2 rings (SSSR count). The van der Waals surface area contributed by atoms with Crippen molar-refractivity contribution in [2.45, 2.75) is 78.0 Å². The van der Waals surface area contributed by atoms with Crippen LogP contribution in [0.15, 0.2) is 48.5 Å². The minimum Gasteiger partial charge on any atom is -0.497 e. The molecular weight excluding hydrogens is 514 g/mol. The highest BCUT2D eigenvalue weighted by atomic mass is 32.1. The van der Waals surface area contributed by atoms with Crippen LogP contribution < -0.4 is 15.4 Å². The number of aryl methyl sites for hydroxylation is 1. The van der Waals surface area contributed by atoms with Gasteiger partial charge in [-0.2, -0.15) is 12.6 Å². The summed E-state index contributed by atoms with van der Waals surface area (Å²) in [4.78, 5) is 41.9. The van der Waals surface area contributed by atoms with Crippen LogP contribution in [0.1, 0.15) is 71.0 Å². The summed E-state index contributed by atoms with van der Waals surface area (Å²) in [5, 5.41) is 5.60. The molecule has 0 aromatic heterocycles. The smallest absolute Gasteiger partial charge is 0.408 e. The minimum absolute atomic E-state index is 0.0456. The third-order valence-electron chi connectivity index (χ3n) is 6.08. The molecule has 0 spiro atoms. The third-order valence-corrected chi connectivity index (χ3v) is 6.44. The first-order valence-electron chi connectivity index (χ1n) is 13.5. The van der Waals surface area contributed by atoms with Gasteiger partial charge < -0.3 is 25.0 Å². The van der Waals surface area contributed by atoms with Gasteiger partial charge in [0.25, 0.3) is 5.91 Å². The Kier molecular flexibility index (Phi) is 12.6. The van der Waals surface area contributed by atoms with Gasteiger partial charge in [-0.15, -0.1) is 0 Å². The summed E-state index contributed by atoms with van der Waals surface area (Å²) in [6.07, 6.45) is 2.67. The molecule has 2 aromatic carbocycles. The van der Waals surface area contributed by atoms with E-state index >= 15 is 0 Å². The van der Waals surface area contributed by atoms with Gasteiger partial charge in [0.15, 0.2) is 0 Å². The zero-order valence-electron chi connectivity index (χ0n) is 24.0. The number of nitrogens with one attached hydrogen (secondary N) is 2. The first-order chi connectivity index (χ1) is 18.5. The summed E-state index contributed by atoms with van der Waals surface area (Å²) in [7, 11) is 1.58. The van der Waals surface area contributed by atoms with Gasteiger partial charge in [-0.3, -0.25) is 9.59 Å². The maximum Gasteiger partial charge on any atom is 0.408 e. The molecule has 0 heterocycles. The van der Waals surface area contributed by atoms with Crippen molar-refractivity contribution >= 4 is 36.2 Å². The lowest BCUT2D eigenvalue weighted by Crippen LogP contribution is -2.53. The highest BCUT2D eigenvalue weighted by Crippen LogP contribution is 2.26. The molecule has 2 atom stereocenters. The van der Waals surface area contributed by atoms with E-state index < -0.39 is 29.7 Å². The van der Waals surface area contributed by atoms with Crippen molar-refractivity contribution in [2.24, 2.45) is 0 Å². The first kappa shape index (κ1) is 32.0. The van der Waals surface area contributed by atoms with Gasteiger partial charge in [0.2, 0.25) is 5.91 Å². The number of hydrogen-bond acceptors (Lipinski definition) is 6. The molecule has 0 aliphatic carbocycles. The SMILES string of the molecule is CCCCCN(C(=O)C(CS)NC(=O)OC(C)(C)C)C(C(=O)Nc1ccc(OC)cc1)c1ccc(CC)cc1. The number of carbonyl (C=O) groups excluding carboxylic acids is 3. The normalized spacial score (nSPS) is 12.7. The molecule has 9 heteroatoms. The van der Waals surface area contributed by atoms with Crippen LogP contribution in [0.2, 0.25) is 0 Å². The predicted molar refractivity (Wildman–Crippen MR) is 158 cm³/mol. The highest BCUT2D eigenvalue weighted by Gasteiger charge is 2.35. The number of methoxy groups -OCH3 is 1. The average Bonchev–Trinajstić information content (AvgIpc) is 2.90. The van der Waals surface area contributed by atoms with Gasteiger partial charge in [-0.1, -0.05) is 51.0 Å². The Morgan fingerprint density at radius 1 is 0.974 bits per heavy atom. The van der Waals surface area contributed by atoms with Gasteiger partial charge in [0, 0.05) is 18.0 Å². The summed E-state index contributed by atoms with van der Waals surface area (Å²) in [6, 6.07) is 12.8. The molecule has 2 aromatic rings. The van der Waals surface area contributed by atoms with Gasteiger partial charge in [0.1, 0.15) is 23.4 Å². The number of thiol groups is 1. The number of ether oxygens (including phenoxy) is 2. The topological polar surface area (TPSA) is 97.0 Å². The van der Waals surface area contributed by atoms with E-state index in [2.05, 4.69) is 37.1 Å². The molecule has 3 amide bonds. The molecule has 2 unspecified atom stereocenters. The fourth-order valence-corrected chi connectivity index (χ4v) is 4.28. The van der Waals surface area contributed by atoms with E-state index in [9.17, 15) is 14.4 Å². The number of hydrogen-bond donors (Lipinski definition) is 3. The number of alkyl carbamates (subject to hydrolysis) is 1. The number of carbonyl (C=O) groups is 3. The van der Waals surface area contributed by atoms with Gasteiger partial charge >= 0.3 is 6.09 Å². The fraction of sp³-hybridized carbons (Fsp3) is 0.500. The maximum absolute atomic E-state index is 14.0. The molecule has 0 fully saturated rings. The number of amides is 3. The van der Waals surface area contributed by atoms with Gasteiger partial charge in [-0.25, -0.2) is 4.79 Å². The zero-order chi connectivity index (χ0) is 29.0. The quantitative estimate of drug-likeness (QED) is 0.214. The Hall–Kier alpha value is -3.20. The molecule has 2 N–H and O–H groups in total. The molecule has 0 saturated heterocycles. The van der Waals surface area contributed by atoms with Crippen LogP contribution in [0, 0.1) is 0 Å². The summed E-state index contributed by atoms with van der Waals surface area (Å²) >= 11 is 4.35. The fourth-order valence-electron chi connectivity index (χ4n) is 4.03. The summed E-state index contributed by atoms with van der Waals surface area (Å²) in [6.45, 7) is 9.72. The van der Waals surface area contributed by atoms with Crippen molar-refractivity contribution in [2.75, 3.05) is 24.7 Å². The second-order valence-corrected chi connectivity index (χ2v) is 10.7. The molecule has 0 radical (unpaired) electrons. The highest BCUT2D eigenvalue weighted by molar-refractivity contribution is 7.80. The molecule has 0 aliphatic heterocycles. The summed E-state index contributed by atoms with van der Waals surface area (Å²) in [5.41, 5.74) is 1.65. The summed E-state index contributed by atoms with van der Waals surface area (Å²) < 4.78 is 10.6. The van der Waals surface area contributed by atoms with E-state index in [1.165, 1.54) is 0 Å². The van der Waals surface area contributed by atoms with E-state index in [0.29, 0.717) is 30.0 Å². The second kappa shape index (κ2) is 15.4. The Balaban J connectivity index is 2.47. The average molecular weight is 558 g/mol. The van der Waals surface area contributed by atoms with Crippen molar-refractivity contribution in [1.29, 1.82) is 0 Å². The van der Waals surface area contributed by atoms with Crippen molar-refractivity contribution in [1.82, 2.24) is 10.2 Å². The minimum atomic E-state index is -0.976. The number of rotatable bonds is 13. The molecular formula is C30H43N3O5S. The first-order valence-corrected chi connectivity index (χ1v) is 14.1. The van der Waals surface area contributed by atoms with E-state index in [1.807, 2.05) is 24.3 Å². The van der Waals surface area contributed by atoms with Crippen molar-refractivity contribution in [3.8, 4) is 5.75 Å². The van der Waals surface area contributed by atoms with Gasteiger partial charge in [0.05, 0.1) is 7.11 Å². The summed E-state index contributed by atoms with van der Waals surface area (Å²) in [5.74, 6) is -0.0454. The number of unbranched alkanes of at least 4 members (excludes halogenated alkanes) is 2. The molecule has 0 aliphatic rings. The van der Waals surface area contributed by atoms with E-state index in [1.54, 1.807) is 57.0 Å². The van der Waals surface area contributed by atoms with Crippen molar-refractivity contribution < 1.29 is 23.9 Å². The predicted octanol–water partition coefficient (Wildman–Crippen LogP) is 5.78. The number of benzene rings is 2. The number of anilines is 1. The Bertz CT molecular complexity index is 1070. The third kappa shape index (κ3) is 10.1.